The number of nitrogens with zero attached hydrogens (tertiary/aromatic N) is 2. The second-order valence-corrected chi connectivity index (χ2v) is 13.1. The maximum Gasteiger partial charge on any atom is 0.279 e. The summed E-state index contributed by atoms with van der Waals surface area (Å²) in [6.07, 6.45) is 7.82. The molecule has 4 heterocycles. The van der Waals surface area contributed by atoms with E-state index in [1.165, 1.54) is 89.4 Å². The first-order valence-corrected chi connectivity index (χ1v) is 15.8. The minimum absolute atomic E-state index is 0.430. The third kappa shape index (κ3) is 2.88. The number of aryl methyl sites for hydroxylation is 2. The number of rotatable bonds is 1. The summed E-state index contributed by atoms with van der Waals surface area (Å²) in [6.45, 7) is 14.5. The van der Waals surface area contributed by atoms with Gasteiger partial charge in [-0.15, -0.1) is 0 Å². The minimum atomic E-state index is -0.430. The van der Waals surface area contributed by atoms with Gasteiger partial charge in [-0.2, -0.15) is 0 Å². The summed E-state index contributed by atoms with van der Waals surface area (Å²) in [5, 5.41) is 0. The largest absolute Gasteiger partial charge is 0.279 e. The predicted octanol–water partition coefficient (Wildman–Crippen LogP) is 9.66. The minimum Gasteiger partial charge on any atom is -0.0950 e. The lowest BCUT2D eigenvalue weighted by Crippen LogP contribution is -2.69. The summed E-state index contributed by atoms with van der Waals surface area (Å²) in [5.41, 5.74) is 20.9. The van der Waals surface area contributed by atoms with Crippen molar-refractivity contribution >= 4 is 16.9 Å². The highest BCUT2D eigenvalue weighted by Crippen LogP contribution is 2.67. The Balaban J connectivity index is 1.57. The van der Waals surface area contributed by atoms with Gasteiger partial charge in [-0.1, -0.05) is 85.0 Å². The quantitative estimate of drug-likeness (QED) is 0.137. The molecule has 0 fully saturated rings. The van der Waals surface area contributed by atoms with Crippen molar-refractivity contribution < 1.29 is 4.68 Å². The fraction of sp³-hybridized carbons (Fsp3) is 0.167. The number of para-hydroxylation sites is 1. The molecule has 2 spiro atoms. The van der Waals surface area contributed by atoms with E-state index in [0.29, 0.717) is 4.59 Å². The summed E-state index contributed by atoms with van der Waals surface area (Å²) in [4.78, 5) is 0. The van der Waals surface area contributed by atoms with Gasteiger partial charge in [-0.3, -0.25) is 0 Å². The van der Waals surface area contributed by atoms with Crippen molar-refractivity contribution in [2.75, 3.05) is 6.54 Å². The summed E-state index contributed by atoms with van der Waals surface area (Å²) in [7, 11) is 0. The molecule has 4 aromatic carbocycles. The summed E-state index contributed by atoms with van der Waals surface area (Å²) < 4.78 is 3.24. The Hall–Kier alpha value is -4.79. The van der Waals surface area contributed by atoms with Crippen LogP contribution in [-0.2, 0) is 5.41 Å². The molecule has 1 aromatic heterocycles. The van der Waals surface area contributed by atoms with E-state index in [1.807, 2.05) is 0 Å². The molecule has 2 nitrogen and oxygen atoms in total. The fourth-order valence-corrected chi connectivity index (χ4v) is 8.95. The first-order valence-electron chi connectivity index (χ1n) is 15.8. The Morgan fingerprint density at radius 1 is 0.750 bits per heavy atom. The van der Waals surface area contributed by atoms with Crippen LogP contribution in [0.25, 0.3) is 28.0 Å². The molecular weight excluding hydrogens is 532 g/mol. The van der Waals surface area contributed by atoms with E-state index in [-0.39, 0.29) is 0 Å². The van der Waals surface area contributed by atoms with Crippen LogP contribution < -0.4 is 9.27 Å². The molecule has 0 amide bonds. The zero-order valence-corrected chi connectivity index (χ0v) is 25.9. The van der Waals surface area contributed by atoms with Gasteiger partial charge in [0.1, 0.15) is 12.1 Å². The lowest BCUT2D eigenvalue weighted by Gasteiger charge is -2.43. The average Bonchev–Trinajstić information content (AvgIpc) is 3.44. The van der Waals surface area contributed by atoms with E-state index < -0.39 is 5.41 Å². The van der Waals surface area contributed by atoms with Crippen molar-refractivity contribution in [3.63, 3.8) is 0 Å². The number of pyridine rings is 1. The molecule has 0 radical (unpaired) electrons. The van der Waals surface area contributed by atoms with Crippen LogP contribution in [0, 0.1) is 13.8 Å². The van der Waals surface area contributed by atoms with Crippen LogP contribution in [0.4, 0.5) is 11.4 Å². The van der Waals surface area contributed by atoms with E-state index in [4.69, 9.17) is 6.58 Å². The van der Waals surface area contributed by atoms with Crippen molar-refractivity contribution in [2.24, 2.45) is 0 Å². The zero-order valence-electron chi connectivity index (χ0n) is 25.9. The van der Waals surface area contributed by atoms with Gasteiger partial charge < -0.3 is 0 Å². The van der Waals surface area contributed by atoms with E-state index >= 15 is 0 Å². The van der Waals surface area contributed by atoms with Crippen molar-refractivity contribution in [3.8, 4) is 22.4 Å². The van der Waals surface area contributed by atoms with Crippen LogP contribution in [-0.4, -0.2) is 6.54 Å². The molecule has 44 heavy (non-hydrogen) atoms. The lowest BCUT2D eigenvalue weighted by atomic mass is 9.63. The topological polar surface area (TPSA) is 3.88 Å². The van der Waals surface area contributed by atoms with E-state index in [1.54, 1.807) is 0 Å². The molecule has 0 N–H and O–H groups in total. The van der Waals surface area contributed by atoms with Crippen LogP contribution >= 0.6 is 0 Å². The molecule has 2 heteroatoms. The Morgan fingerprint density at radius 3 is 2.14 bits per heavy atom. The number of aromatic nitrogens is 1. The van der Waals surface area contributed by atoms with Crippen molar-refractivity contribution in [2.45, 2.75) is 39.5 Å². The monoisotopic (exact) mass is 568 g/mol. The lowest BCUT2D eigenvalue weighted by molar-refractivity contribution is -0.780. The number of hydrogen-bond acceptors (Lipinski definition) is 0. The van der Waals surface area contributed by atoms with E-state index in [2.05, 4.69) is 142 Å². The van der Waals surface area contributed by atoms with Crippen molar-refractivity contribution in [3.05, 3.63) is 166 Å². The Kier molecular flexibility index (Phi) is 5.05. The highest BCUT2D eigenvalue weighted by Gasteiger charge is 2.66. The smallest absolute Gasteiger partial charge is 0.0950 e. The highest BCUT2D eigenvalue weighted by atomic mass is 15.7. The molecule has 4 aliphatic rings. The van der Waals surface area contributed by atoms with Gasteiger partial charge in [-0.05, 0) is 99.7 Å². The first-order chi connectivity index (χ1) is 21.4. The molecule has 0 saturated heterocycles. The van der Waals surface area contributed by atoms with Gasteiger partial charge in [0.2, 0.25) is 17.6 Å². The summed E-state index contributed by atoms with van der Waals surface area (Å²) >= 11 is 0. The summed E-state index contributed by atoms with van der Waals surface area (Å²) in [6, 6.07) is 35.0. The van der Waals surface area contributed by atoms with Gasteiger partial charge in [-0.25, -0.2) is 0 Å². The second-order valence-electron chi connectivity index (χ2n) is 13.1. The van der Waals surface area contributed by atoms with Crippen LogP contribution in [0.3, 0.4) is 0 Å². The fourth-order valence-electron chi connectivity index (χ4n) is 8.95. The van der Waals surface area contributed by atoms with Crippen LogP contribution in [0.2, 0.25) is 0 Å². The van der Waals surface area contributed by atoms with Crippen LogP contribution in [0.5, 0.6) is 0 Å². The van der Waals surface area contributed by atoms with Crippen LogP contribution in [0.1, 0.15) is 59.2 Å². The van der Waals surface area contributed by atoms with E-state index in [9.17, 15) is 0 Å². The molecule has 5 aromatic rings. The molecule has 1 atom stereocenters. The number of allylic oxidation sites excluding steroid dienone is 4. The van der Waals surface area contributed by atoms with Crippen molar-refractivity contribution in [1.29, 1.82) is 0 Å². The van der Waals surface area contributed by atoms with Crippen molar-refractivity contribution in [1.82, 2.24) is 4.59 Å². The van der Waals surface area contributed by atoms with Crippen LogP contribution in [0.15, 0.2) is 127 Å². The Morgan fingerprint density at radius 2 is 1.41 bits per heavy atom. The molecular formula is C42H36N2+2. The number of hydrogen-bond donors (Lipinski definition) is 0. The maximum absolute atomic E-state index is 4.73. The maximum atomic E-state index is 4.73. The molecule has 9 rings (SSSR count). The van der Waals surface area contributed by atoms with Gasteiger partial charge in [0, 0.05) is 35.2 Å². The number of quaternary nitrogens is 1. The van der Waals surface area contributed by atoms with Gasteiger partial charge in [0.25, 0.3) is 5.69 Å². The molecule has 0 bridgehead atoms. The van der Waals surface area contributed by atoms with E-state index in [0.717, 1.165) is 13.0 Å². The average molecular weight is 569 g/mol. The third-order valence-corrected chi connectivity index (χ3v) is 10.8. The molecule has 1 aliphatic carbocycles. The standard InChI is InChI=1S/C42H36N2/c1-6-26(2)22-33-29(5)19-21-44-40-32(33)14-11-17-37(40)42(35-15-9-7-12-30(35)31-13-8-10-16-36(31)42)38-24-28(4)23-34(41(38)44)39-25-27(3)18-20-43(39)44/h6-18,20,22-25H,5,19,21H2,1-4H3/q+2/b26-6-,33-22+. The normalized spacial score (nSPS) is 20.6. The van der Waals surface area contributed by atoms with Gasteiger partial charge in [0.15, 0.2) is 0 Å². The highest BCUT2D eigenvalue weighted by molar-refractivity contribution is 6.00. The molecule has 3 aliphatic heterocycles. The Labute approximate surface area is 260 Å². The van der Waals surface area contributed by atoms with Gasteiger partial charge >= 0.3 is 0 Å². The number of fused-ring (bicyclic) bond motifs is 9. The summed E-state index contributed by atoms with van der Waals surface area (Å²) in [5.74, 6) is 0. The Bertz CT molecular complexity index is 2150. The van der Waals surface area contributed by atoms with Gasteiger partial charge in [0.05, 0.1) is 5.41 Å². The zero-order chi connectivity index (χ0) is 30.0. The molecule has 0 saturated carbocycles. The first kappa shape index (κ1) is 25.7. The SMILES string of the molecule is C=C1CC[N+]23c4c(cccc4C4(c5ccccc5-c5ccccc54)c4cc(C)cc(c42)-c2cc(C)cc[n+]23)/C1=C/C(C)=C\C. The predicted molar refractivity (Wildman–Crippen MR) is 182 cm³/mol. The number of benzene rings is 4. The third-order valence-electron chi connectivity index (χ3n) is 10.8. The molecule has 1 unspecified atom stereocenters. The molecule has 212 valence electrons. The second kappa shape index (κ2) is 8.65.